The Hall–Kier alpha value is -6.05. The molecular weight excluding hydrogens is 713 g/mol. The zero-order valence-electron chi connectivity index (χ0n) is 29.1. The van der Waals surface area contributed by atoms with Gasteiger partial charge in [-0.05, 0) is 79.9 Å². The minimum atomic E-state index is -0.631. The van der Waals surface area contributed by atoms with Gasteiger partial charge in [-0.2, -0.15) is 0 Å². The lowest BCUT2D eigenvalue weighted by Gasteiger charge is -2.16. The molecule has 3 amide bonds. The van der Waals surface area contributed by atoms with Gasteiger partial charge in [0, 0.05) is 39.2 Å². The Kier molecular flexibility index (Phi) is 12.9. The number of amides is 3. The number of carbonyl (C=O) groups excluding carboxylic acids is 4. The second-order valence-electron chi connectivity index (χ2n) is 11.7. The van der Waals surface area contributed by atoms with Crippen LogP contribution in [-0.4, -0.2) is 40.5 Å². The Morgan fingerprint density at radius 2 is 1.62 bits per heavy atom. The molecule has 11 nitrogen and oxygen atoms in total. The maximum Gasteiger partial charge on any atom is 0.341 e. The highest BCUT2D eigenvalue weighted by molar-refractivity contribution is 8.00. The molecule has 53 heavy (non-hydrogen) atoms. The van der Waals surface area contributed by atoms with Crippen LogP contribution in [-0.2, 0) is 14.3 Å². The van der Waals surface area contributed by atoms with E-state index in [1.54, 1.807) is 55.5 Å². The molecule has 0 radical (unpaired) electrons. The van der Waals surface area contributed by atoms with Crippen LogP contribution in [0.2, 0.25) is 0 Å². The molecule has 270 valence electrons. The van der Waals surface area contributed by atoms with E-state index in [1.807, 2.05) is 49.6 Å². The molecular formula is C40H36N4O7S2. The van der Waals surface area contributed by atoms with Crippen LogP contribution in [0.5, 0.6) is 0 Å². The number of anilines is 2. The van der Waals surface area contributed by atoms with Crippen LogP contribution in [0, 0.1) is 17.0 Å². The van der Waals surface area contributed by atoms with Crippen LogP contribution < -0.4 is 16.0 Å². The number of non-ortho nitro benzene ring substituents is 1. The SMILES string of the molecule is CCOC(=O)c1c(-c2ccc(C)cc2)csc1NC(=O)C(CC)Sc1cccc(NC(=O)/C(=C\c2ccc([N+](=O)[O-])cc2)NC(=O)c2ccccc2)c1. The fourth-order valence-electron chi connectivity index (χ4n) is 5.13. The van der Waals surface area contributed by atoms with Gasteiger partial charge in [0.1, 0.15) is 16.3 Å². The van der Waals surface area contributed by atoms with E-state index in [9.17, 15) is 29.3 Å². The summed E-state index contributed by atoms with van der Waals surface area (Å²) in [6.45, 7) is 5.77. The molecule has 1 atom stereocenters. The summed E-state index contributed by atoms with van der Waals surface area (Å²) in [7, 11) is 0. The van der Waals surface area contributed by atoms with Crippen molar-refractivity contribution in [3.05, 3.63) is 147 Å². The topological polar surface area (TPSA) is 157 Å². The molecule has 0 aliphatic rings. The van der Waals surface area contributed by atoms with Crippen LogP contribution in [0.1, 0.15) is 52.1 Å². The van der Waals surface area contributed by atoms with E-state index in [0.717, 1.165) is 11.1 Å². The number of nitro groups is 1. The maximum atomic E-state index is 13.6. The van der Waals surface area contributed by atoms with Crippen LogP contribution in [0.25, 0.3) is 17.2 Å². The number of hydrogen-bond donors (Lipinski definition) is 3. The second kappa shape index (κ2) is 17.9. The minimum absolute atomic E-state index is 0.0880. The van der Waals surface area contributed by atoms with Crippen LogP contribution >= 0.6 is 23.1 Å². The molecule has 0 aliphatic heterocycles. The zero-order chi connectivity index (χ0) is 37.9. The molecule has 0 aliphatic carbocycles. The summed E-state index contributed by atoms with van der Waals surface area (Å²) >= 11 is 2.55. The van der Waals surface area contributed by atoms with Gasteiger partial charge >= 0.3 is 5.97 Å². The van der Waals surface area contributed by atoms with Gasteiger partial charge in [-0.3, -0.25) is 24.5 Å². The number of aryl methyl sites for hydroxylation is 1. The number of ether oxygens (including phenoxy) is 1. The number of nitrogens with one attached hydrogen (secondary N) is 3. The Morgan fingerprint density at radius 3 is 2.28 bits per heavy atom. The molecule has 5 rings (SSSR count). The lowest BCUT2D eigenvalue weighted by Crippen LogP contribution is -2.30. The molecule has 0 fully saturated rings. The van der Waals surface area contributed by atoms with Crippen molar-refractivity contribution in [3.8, 4) is 11.1 Å². The van der Waals surface area contributed by atoms with Crippen LogP contribution in [0.3, 0.4) is 0 Å². The van der Waals surface area contributed by atoms with Crippen molar-refractivity contribution in [2.24, 2.45) is 0 Å². The summed E-state index contributed by atoms with van der Waals surface area (Å²) in [5.74, 6) is -1.97. The van der Waals surface area contributed by atoms with Crippen molar-refractivity contribution in [3.63, 3.8) is 0 Å². The summed E-state index contributed by atoms with van der Waals surface area (Å²) in [5, 5.41) is 21.2. The van der Waals surface area contributed by atoms with Crippen molar-refractivity contribution in [2.45, 2.75) is 37.3 Å². The number of benzene rings is 4. The Balaban J connectivity index is 1.33. The van der Waals surface area contributed by atoms with Crippen molar-refractivity contribution < 1.29 is 28.8 Å². The first-order chi connectivity index (χ1) is 25.6. The van der Waals surface area contributed by atoms with Crippen molar-refractivity contribution in [1.82, 2.24) is 5.32 Å². The normalized spacial score (nSPS) is 11.6. The van der Waals surface area contributed by atoms with Gasteiger partial charge in [0.25, 0.3) is 17.5 Å². The molecule has 0 bridgehead atoms. The molecule has 5 aromatic rings. The number of nitro benzene ring substituents is 1. The van der Waals surface area contributed by atoms with Gasteiger partial charge in [-0.15, -0.1) is 23.1 Å². The van der Waals surface area contributed by atoms with Gasteiger partial charge in [-0.25, -0.2) is 4.79 Å². The van der Waals surface area contributed by atoms with Gasteiger partial charge in [0.2, 0.25) is 5.91 Å². The lowest BCUT2D eigenvalue weighted by atomic mass is 10.0. The second-order valence-corrected chi connectivity index (χ2v) is 13.8. The summed E-state index contributed by atoms with van der Waals surface area (Å²) in [6, 6.07) is 28.6. The molecule has 0 saturated heterocycles. The number of esters is 1. The first-order valence-corrected chi connectivity index (χ1v) is 18.4. The molecule has 3 N–H and O–H groups in total. The molecule has 1 aromatic heterocycles. The van der Waals surface area contributed by atoms with Gasteiger partial charge in [0.05, 0.1) is 16.8 Å². The number of nitrogens with zero attached hydrogens (tertiary/aromatic N) is 1. The predicted octanol–water partition coefficient (Wildman–Crippen LogP) is 8.73. The fourth-order valence-corrected chi connectivity index (χ4v) is 7.10. The fraction of sp³-hybridized carbons (Fsp3) is 0.150. The van der Waals surface area contributed by atoms with E-state index in [1.165, 1.54) is 53.4 Å². The molecule has 13 heteroatoms. The summed E-state index contributed by atoms with van der Waals surface area (Å²) in [4.78, 5) is 64.7. The van der Waals surface area contributed by atoms with E-state index in [0.29, 0.717) is 44.3 Å². The zero-order valence-corrected chi connectivity index (χ0v) is 30.7. The number of thiophene rings is 1. The van der Waals surface area contributed by atoms with E-state index < -0.39 is 28.0 Å². The quantitative estimate of drug-likeness (QED) is 0.0335. The highest BCUT2D eigenvalue weighted by Gasteiger charge is 2.26. The Bertz CT molecular complexity index is 2150. The first-order valence-electron chi connectivity index (χ1n) is 16.6. The van der Waals surface area contributed by atoms with Gasteiger partial charge in [-0.1, -0.05) is 61.0 Å². The highest BCUT2D eigenvalue weighted by atomic mass is 32.2. The molecule has 0 saturated carbocycles. The van der Waals surface area contributed by atoms with Crippen molar-refractivity contribution >= 4 is 69.2 Å². The van der Waals surface area contributed by atoms with E-state index in [-0.39, 0.29) is 23.9 Å². The number of thioether (sulfide) groups is 1. The largest absolute Gasteiger partial charge is 0.462 e. The van der Waals surface area contributed by atoms with Crippen molar-refractivity contribution in [2.75, 3.05) is 17.2 Å². The van der Waals surface area contributed by atoms with E-state index >= 15 is 0 Å². The monoisotopic (exact) mass is 748 g/mol. The molecule has 4 aromatic carbocycles. The average Bonchev–Trinajstić information content (AvgIpc) is 3.58. The smallest absolute Gasteiger partial charge is 0.341 e. The minimum Gasteiger partial charge on any atom is -0.462 e. The Morgan fingerprint density at radius 1 is 0.906 bits per heavy atom. The first kappa shape index (κ1) is 38.2. The summed E-state index contributed by atoms with van der Waals surface area (Å²) in [5.41, 5.74) is 3.89. The Labute approximate surface area is 314 Å². The molecule has 1 unspecified atom stereocenters. The number of hydrogen-bond acceptors (Lipinski definition) is 9. The standard InChI is InChI=1S/C40H36N4O7S2/c1-4-34(38(47)43-39-35(40(48)51-5-2)32(24-52-39)27-18-14-25(3)15-19-27)53-31-13-9-12-29(23-31)41-37(46)33(42-36(45)28-10-7-6-8-11-28)22-26-16-20-30(21-17-26)44(49)50/h6-24,34H,4-5H2,1-3H3,(H,41,46)(H,42,45)(H,43,47)/b33-22+. The predicted molar refractivity (Wildman–Crippen MR) is 209 cm³/mol. The molecule has 0 spiro atoms. The number of carbonyl (C=O) groups is 4. The van der Waals surface area contributed by atoms with Crippen LogP contribution in [0.4, 0.5) is 16.4 Å². The van der Waals surface area contributed by atoms with E-state index in [4.69, 9.17) is 4.74 Å². The third-order valence-corrected chi connectivity index (χ3v) is 10.1. The number of rotatable bonds is 14. The third-order valence-electron chi connectivity index (χ3n) is 7.85. The lowest BCUT2D eigenvalue weighted by molar-refractivity contribution is -0.384. The highest BCUT2D eigenvalue weighted by Crippen LogP contribution is 2.37. The summed E-state index contributed by atoms with van der Waals surface area (Å²) < 4.78 is 5.35. The van der Waals surface area contributed by atoms with E-state index in [2.05, 4.69) is 16.0 Å². The average molecular weight is 749 g/mol. The third kappa shape index (κ3) is 10.1. The van der Waals surface area contributed by atoms with Crippen LogP contribution in [0.15, 0.2) is 119 Å². The van der Waals surface area contributed by atoms with Gasteiger partial charge in [0.15, 0.2) is 0 Å². The summed E-state index contributed by atoms with van der Waals surface area (Å²) in [6.07, 6.45) is 1.89. The maximum absolute atomic E-state index is 13.6. The van der Waals surface area contributed by atoms with Crippen molar-refractivity contribution in [1.29, 1.82) is 0 Å². The molecule has 1 heterocycles. The van der Waals surface area contributed by atoms with Gasteiger partial charge < -0.3 is 20.7 Å².